The number of hydrogen-bond acceptors (Lipinski definition) is 3. The number of aliphatic hydroxyl groups excluding tert-OH is 1. The highest BCUT2D eigenvalue weighted by molar-refractivity contribution is 6.38. The first-order valence-electron chi connectivity index (χ1n) is 9.36. The summed E-state index contributed by atoms with van der Waals surface area (Å²) in [6.45, 7) is 0.365. The van der Waals surface area contributed by atoms with Gasteiger partial charge in [-0.1, -0.05) is 71.7 Å². The summed E-state index contributed by atoms with van der Waals surface area (Å²) in [5.41, 5.74) is 12.0. The van der Waals surface area contributed by atoms with Crippen molar-refractivity contribution in [2.45, 2.75) is 25.0 Å². The third-order valence-corrected chi connectivity index (χ3v) is 6.02. The fourth-order valence-corrected chi connectivity index (χ4v) is 4.39. The number of halogens is 2. The maximum atomic E-state index is 10.7. The van der Waals surface area contributed by atoms with Crippen molar-refractivity contribution in [1.82, 2.24) is 5.32 Å². The van der Waals surface area contributed by atoms with Crippen molar-refractivity contribution in [2.75, 3.05) is 12.3 Å². The second-order valence-electron chi connectivity index (χ2n) is 7.15. The molecule has 0 saturated carbocycles. The second kappa shape index (κ2) is 8.14. The highest BCUT2D eigenvalue weighted by Crippen LogP contribution is 2.34. The molecule has 0 amide bonds. The van der Waals surface area contributed by atoms with Crippen LogP contribution in [0.1, 0.15) is 40.0 Å². The maximum absolute atomic E-state index is 10.7. The van der Waals surface area contributed by atoms with E-state index >= 15 is 0 Å². The fraction of sp³-hybridized carbons (Fsp3) is 0.217. The van der Waals surface area contributed by atoms with Crippen molar-refractivity contribution in [1.29, 1.82) is 0 Å². The molecule has 0 heterocycles. The highest BCUT2D eigenvalue weighted by Gasteiger charge is 2.24. The molecule has 3 nitrogen and oxygen atoms in total. The van der Waals surface area contributed by atoms with Gasteiger partial charge in [0.1, 0.15) is 0 Å². The van der Waals surface area contributed by atoms with Crippen molar-refractivity contribution in [3.63, 3.8) is 0 Å². The SMILES string of the molecule is Nc1c(Cl)cc([C@H](O)CNC2c3ccccc3CCc3ccccc32)cc1Cl. The zero-order chi connectivity index (χ0) is 19.7. The Morgan fingerprint density at radius 1 is 0.929 bits per heavy atom. The van der Waals surface area contributed by atoms with E-state index in [1.807, 2.05) is 0 Å². The van der Waals surface area contributed by atoms with Crippen molar-refractivity contribution in [3.05, 3.63) is 98.5 Å². The molecule has 0 aromatic heterocycles. The van der Waals surface area contributed by atoms with E-state index in [2.05, 4.69) is 53.8 Å². The van der Waals surface area contributed by atoms with E-state index in [9.17, 15) is 5.11 Å². The van der Waals surface area contributed by atoms with Gasteiger partial charge in [0.25, 0.3) is 0 Å². The fourth-order valence-electron chi connectivity index (χ4n) is 3.89. The average Bonchev–Trinajstić information content (AvgIpc) is 2.87. The molecule has 5 heteroatoms. The van der Waals surface area contributed by atoms with Crippen LogP contribution in [0.4, 0.5) is 5.69 Å². The van der Waals surface area contributed by atoms with Gasteiger partial charge in [-0.05, 0) is 52.8 Å². The lowest BCUT2D eigenvalue weighted by Gasteiger charge is -2.24. The molecule has 1 aliphatic rings. The lowest BCUT2D eigenvalue weighted by molar-refractivity contribution is 0.172. The van der Waals surface area contributed by atoms with Crippen molar-refractivity contribution < 1.29 is 5.11 Å². The molecule has 0 radical (unpaired) electrons. The number of nitrogens with one attached hydrogen (secondary N) is 1. The molecule has 0 saturated heterocycles. The van der Waals surface area contributed by atoms with Crippen LogP contribution in [0.5, 0.6) is 0 Å². The van der Waals surface area contributed by atoms with Crippen LogP contribution in [-0.4, -0.2) is 11.7 Å². The van der Waals surface area contributed by atoms with E-state index in [0.717, 1.165) is 12.8 Å². The molecule has 3 aromatic rings. The van der Waals surface area contributed by atoms with Crippen LogP contribution in [-0.2, 0) is 12.8 Å². The quantitative estimate of drug-likeness (QED) is 0.523. The Hall–Kier alpha value is -2.04. The summed E-state index contributed by atoms with van der Waals surface area (Å²) >= 11 is 12.3. The van der Waals surface area contributed by atoms with Gasteiger partial charge in [0.05, 0.1) is 27.9 Å². The van der Waals surface area contributed by atoms with Crippen LogP contribution < -0.4 is 11.1 Å². The molecule has 4 N–H and O–H groups in total. The summed E-state index contributed by atoms with van der Waals surface area (Å²) in [7, 11) is 0. The van der Waals surface area contributed by atoms with E-state index in [1.165, 1.54) is 22.3 Å². The number of nitrogens with two attached hydrogens (primary N) is 1. The Bertz CT molecular complexity index is 935. The Labute approximate surface area is 175 Å². The molecule has 1 atom stereocenters. The van der Waals surface area contributed by atoms with Crippen LogP contribution >= 0.6 is 23.2 Å². The van der Waals surface area contributed by atoms with Gasteiger partial charge < -0.3 is 16.2 Å². The van der Waals surface area contributed by atoms with Crippen LogP contribution in [0.15, 0.2) is 60.7 Å². The molecule has 4 rings (SSSR count). The molecule has 0 aliphatic heterocycles. The summed E-state index contributed by atoms with van der Waals surface area (Å²) in [6.07, 6.45) is 1.27. The number of fused-ring (bicyclic) bond motifs is 2. The Kier molecular flexibility index (Phi) is 5.61. The lowest BCUT2D eigenvalue weighted by Crippen LogP contribution is -2.28. The molecule has 0 bridgehead atoms. The van der Waals surface area contributed by atoms with E-state index in [0.29, 0.717) is 27.8 Å². The molecule has 1 aliphatic carbocycles. The number of nitrogen functional groups attached to an aromatic ring is 1. The van der Waals surface area contributed by atoms with Crippen LogP contribution in [0.3, 0.4) is 0 Å². The minimum atomic E-state index is -0.752. The molecule has 0 fully saturated rings. The third kappa shape index (κ3) is 3.76. The molecular weight excluding hydrogens is 391 g/mol. The number of benzene rings is 3. The first-order chi connectivity index (χ1) is 13.5. The van der Waals surface area contributed by atoms with Gasteiger partial charge in [-0.25, -0.2) is 0 Å². The van der Waals surface area contributed by atoms with Crippen LogP contribution in [0, 0.1) is 0 Å². The Balaban J connectivity index is 1.62. The predicted molar refractivity (Wildman–Crippen MR) is 116 cm³/mol. The summed E-state index contributed by atoms with van der Waals surface area (Å²) in [6, 6.07) is 20.4. The molecule has 0 unspecified atom stereocenters. The van der Waals surface area contributed by atoms with E-state index in [1.54, 1.807) is 12.1 Å². The minimum absolute atomic E-state index is 0.0178. The number of aliphatic hydroxyl groups is 1. The minimum Gasteiger partial charge on any atom is -0.396 e. The van der Waals surface area contributed by atoms with Gasteiger partial charge in [-0.15, -0.1) is 0 Å². The third-order valence-electron chi connectivity index (χ3n) is 5.40. The molecular formula is C23H22Cl2N2O. The summed E-state index contributed by atoms with van der Waals surface area (Å²) in [5.74, 6) is 0. The standard InChI is InChI=1S/C23H22Cl2N2O/c24-19-11-16(12-20(25)22(19)26)21(28)13-27-23-17-7-3-1-5-14(17)9-10-15-6-2-4-8-18(15)23/h1-8,11-12,21,23,27-28H,9-10,13,26H2/t21-/m1/s1. The Morgan fingerprint density at radius 3 is 1.96 bits per heavy atom. The number of rotatable bonds is 4. The van der Waals surface area contributed by atoms with Gasteiger partial charge in [0.15, 0.2) is 0 Å². The monoisotopic (exact) mass is 412 g/mol. The average molecular weight is 413 g/mol. The highest BCUT2D eigenvalue weighted by atomic mass is 35.5. The van der Waals surface area contributed by atoms with E-state index in [-0.39, 0.29) is 6.04 Å². The van der Waals surface area contributed by atoms with Crippen LogP contribution in [0.2, 0.25) is 10.0 Å². The van der Waals surface area contributed by atoms with Gasteiger partial charge in [-0.2, -0.15) is 0 Å². The maximum Gasteiger partial charge on any atom is 0.0915 e. The zero-order valence-electron chi connectivity index (χ0n) is 15.3. The number of anilines is 1. The summed E-state index contributed by atoms with van der Waals surface area (Å²) in [5, 5.41) is 15.0. The van der Waals surface area contributed by atoms with Crippen LogP contribution in [0.25, 0.3) is 0 Å². The van der Waals surface area contributed by atoms with Gasteiger partial charge in [0, 0.05) is 6.54 Å². The predicted octanol–water partition coefficient (Wildman–Crippen LogP) is 5.09. The van der Waals surface area contributed by atoms with Crippen molar-refractivity contribution in [3.8, 4) is 0 Å². The topological polar surface area (TPSA) is 58.3 Å². The number of aryl methyl sites for hydroxylation is 2. The van der Waals surface area contributed by atoms with E-state index < -0.39 is 6.10 Å². The van der Waals surface area contributed by atoms with Gasteiger partial charge in [0.2, 0.25) is 0 Å². The number of hydrogen-bond donors (Lipinski definition) is 3. The molecule has 3 aromatic carbocycles. The summed E-state index contributed by atoms with van der Waals surface area (Å²) in [4.78, 5) is 0. The van der Waals surface area contributed by atoms with Crippen molar-refractivity contribution >= 4 is 28.9 Å². The Morgan fingerprint density at radius 2 is 1.43 bits per heavy atom. The van der Waals surface area contributed by atoms with Gasteiger partial charge in [-0.3, -0.25) is 0 Å². The second-order valence-corrected chi connectivity index (χ2v) is 7.97. The first kappa shape index (κ1) is 19.3. The smallest absolute Gasteiger partial charge is 0.0915 e. The summed E-state index contributed by atoms with van der Waals surface area (Å²) < 4.78 is 0. The normalized spacial score (nSPS) is 14.8. The largest absolute Gasteiger partial charge is 0.396 e. The van der Waals surface area contributed by atoms with Crippen molar-refractivity contribution in [2.24, 2.45) is 0 Å². The lowest BCUT2D eigenvalue weighted by atomic mass is 9.94. The van der Waals surface area contributed by atoms with Gasteiger partial charge >= 0.3 is 0 Å². The van der Waals surface area contributed by atoms with E-state index in [4.69, 9.17) is 28.9 Å². The zero-order valence-corrected chi connectivity index (χ0v) is 16.8. The molecule has 144 valence electrons. The molecule has 28 heavy (non-hydrogen) atoms. The first-order valence-corrected chi connectivity index (χ1v) is 10.1. The molecule has 0 spiro atoms.